The van der Waals surface area contributed by atoms with Gasteiger partial charge in [0.1, 0.15) is 5.82 Å². The minimum atomic E-state index is -0.692. The molecular formula is C15H20FNO. The quantitative estimate of drug-likeness (QED) is 0.876. The van der Waals surface area contributed by atoms with Crippen molar-refractivity contribution in [3.05, 3.63) is 35.1 Å². The summed E-state index contributed by atoms with van der Waals surface area (Å²) in [6, 6.07) is 5.12. The number of carbonyl (C=O) groups excluding carboxylic acids is 1. The lowest BCUT2D eigenvalue weighted by molar-refractivity contribution is -0.126. The highest BCUT2D eigenvalue weighted by Crippen LogP contribution is 2.27. The maximum Gasteiger partial charge on any atom is 0.230 e. The number of aryl methyl sites for hydroxylation is 1. The number of rotatable bonds is 3. The molecular weight excluding hydrogens is 229 g/mol. The SMILES string of the molecule is Cc1cc(F)cc(C(C)(C)C(=O)NC2CCC2)c1. The Morgan fingerprint density at radius 3 is 2.50 bits per heavy atom. The van der Waals surface area contributed by atoms with Gasteiger partial charge >= 0.3 is 0 Å². The van der Waals surface area contributed by atoms with Crippen LogP contribution in [-0.2, 0) is 10.2 Å². The van der Waals surface area contributed by atoms with Gasteiger partial charge in [0.2, 0.25) is 5.91 Å². The van der Waals surface area contributed by atoms with Crippen molar-refractivity contribution in [1.82, 2.24) is 5.32 Å². The minimum absolute atomic E-state index is 0.0165. The molecule has 0 heterocycles. The summed E-state index contributed by atoms with van der Waals surface area (Å²) in [5.74, 6) is -0.299. The summed E-state index contributed by atoms with van der Waals surface area (Å²) in [6.07, 6.45) is 3.30. The Morgan fingerprint density at radius 2 is 2.00 bits per heavy atom. The van der Waals surface area contributed by atoms with E-state index in [-0.39, 0.29) is 11.7 Å². The van der Waals surface area contributed by atoms with Crippen LogP contribution >= 0.6 is 0 Å². The summed E-state index contributed by atoms with van der Waals surface area (Å²) in [5, 5.41) is 3.03. The van der Waals surface area contributed by atoms with Gasteiger partial charge in [0.15, 0.2) is 0 Å². The number of carbonyl (C=O) groups is 1. The van der Waals surface area contributed by atoms with Crippen molar-refractivity contribution in [2.24, 2.45) is 0 Å². The van der Waals surface area contributed by atoms with Gasteiger partial charge in [-0.1, -0.05) is 6.07 Å². The van der Waals surface area contributed by atoms with E-state index >= 15 is 0 Å². The van der Waals surface area contributed by atoms with Crippen LogP contribution in [-0.4, -0.2) is 11.9 Å². The minimum Gasteiger partial charge on any atom is -0.353 e. The highest BCUT2D eigenvalue weighted by molar-refractivity contribution is 5.87. The molecule has 2 rings (SSSR count). The standard InChI is InChI=1S/C15H20FNO/c1-10-7-11(9-12(16)8-10)15(2,3)14(18)17-13-5-4-6-13/h7-9,13H,4-6H2,1-3H3,(H,17,18). The van der Waals surface area contributed by atoms with Gasteiger partial charge in [0.25, 0.3) is 0 Å². The Bertz CT molecular complexity index is 443. The molecule has 1 aliphatic carbocycles. The van der Waals surface area contributed by atoms with Gasteiger partial charge < -0.3 is 5.32 Å². The first kappa shape index (κ1) is 13.1. The summed E-state index contributed by atoms with van der Waals surface area (Å²) in [7, 11) is 0. The lowest BCUT2D eigenvalue weighted by atomic mass is 9.81. The highest BCUT2D eigenvalue weighted by atomic mass is 19.1. The number of amides is 1. The molecule has 0 atom stereocenters. The van der Waals surface area contributed by atoms with Gasteiger partial charge in [-0.05, 0) is 63.3 Å². The molecule has 0 aromatic heterocycles. The molecule has 1 amide bonds. The lowest BCUT2D eigenvalue weighted by Crippen LogP contribution is -2.47. The maximum absolute atomic E-state index is 13.4. The number of hydrogen-bond acceptors (Lipinski definition) is 1. The zero-order valence-electron chi connectivity index (χ0n) is 11.2. The molecule has 0 radical (unpaired) electrons. The van der Waals surface area contributed by atoms with Gasteiger partial charge in [0, 0.05) is 6.04 Å². The lowest BCUT2D eigenvalue weighted by Gasteiger charge is -2.32. The second-order valence-corrected chi connectivity index (χ2v) is 5.74. The average Bonchev–Trinajstić information content (AvgIpc) is 2.21. The fourth-order valence-electron chi connectivity index (χ4n) is 2.15. The van der Waals surface area contributed by atoms with Gasteiger partial charge in [0.05, 0.1) is 5.41 Å². The third-order valence-electron chi connectivity index (χ3n) is 3.77. The van der Waals surface area contributed by atoms with Gasteiger partial charge in [-0.15, -0.1) is 0 Å². The van der Waals surface area contributed by atoms with Crippen LogP contribution in [0, 0.1) is 12.7 Å². The van der Waals surface area contributed by atoms with E-state index in [0.717, 1.165) is 24.0 Å². The van der Waals surface area contributed by atoms with E-state index < -0.39 is 5.41 Å². The summed E-state index contributed by atoms with van der Waals surface area (Å²) < 4.78 is 13.4. The van der Waals surface area contributed by atoms with Crippen LogP contribution < -0.4 is 5.32 Å². The Hall–Kier alpha value is -1.38. The van der Waals surface area contributed by atoms with E-state index in [1.165, 1.54) is 18.6 Å². The van der Waals surface area contributed by atoms with E-state index in [4.69, 9.17) is 0 Å². The first-order chi connectivity index (χ1) is 8.39. The smallest absolute Gasteiger partial charge is 0.230 e. The second kappa shape index (κ2) is 4.71. The van der Waals surface area contributed by atoms with Crippen molar-refractivity contribution in [2.75, 3.05) is 0 Å². The zero-order valence-corrected chi connectivity index (χ0v) is 11.2. The summed E-state index contributed by atoms with van der Waals surface area (Å²) >= 11 is 0. The summed E-state index contributed by atoms with van der Waals surface area (Å²) in [5.41, 5.74) is 0.883. The van der Waals surface area contributed by atoms with Crippen LogP contribution in [0.1, 0.15) is 44.2 Å². The molecule has 0 saturated heterocycles. The predicted octanol–water partition coefficient (Wildman–Crippen LogP) is 3.08. The second-order valence-electron chi connectivity index (χ2n) is 5.74. The first-order valence-electron chi connectivity index (χ1n) is 6.48. The van der Waals surface area contributed by atoms with Crippen molar-refractivity contribution >= 4 is 5.91 Å². The number of nitrogens with one attached hydrogen (secondary N) is 1. The van der Waals surface area contributed by atoms with Crippen LogP contribution in [0.25, 0.3) is 0 Å². The molecule has 1 saturated carbocycles. The summed E-state index contributed by atoms with van der Waals surface area (Å²) in [4.78, 5) is 12.3. The van der Waals surface area contributed by atoms with Crippen LogP contribution in [0.15, 0.2) is 18.2 Å². The average molecular weight is 249 g/mol. The Balaban J connectivity index is 2.19. The van der Waals surface area contributed by atoms with Gasteiger partial charge in [-0.25, -0.2) is 4.39 Å². The number of benzene rings is 1. The van der Waals surface area contributed by atoms with E-state index in [1.54, 1.807) is 0 Å². The molecule has 0 spiro atoms. The van der Waals surface area contributed by atoms with Gasteiger partial charge in [-0.3, -0.25) is 4.79 Å². The van der Waals surface area contributed by atoms with Crippen molar-refractivity contribution in [3.8, 4) is 0 Å². The Kier molecular flexibility index (Phi) is 3.42. The fourth-order valence-corrected chi connectivity index (χ4v) is 2.15. The zero-order chi connectivity index (χ0) is 13.3. The molecule has 0 aliphatic heterocycles. The number of hydrogen-bond donors (Lipinski definition) is 1. The first-order valence-corrected chi connectivity index (χ1v) is 6.48. The van der Waals surface area contributed by atoms with Crippen molar-refractivity contribution in [1.29, 1.82) is 0 Å². The predicted molar refractivity (Wildman–Crippen MR) is 69.9 cm³/mol. The molecule has 1 aromatic rings. The van der Waals surface area contributed by atoms with Crippen LogP contribution in [0.2, 0.25) is 0 Å². The molecule has 0 unspecified atom stereocenters. The van der Waals surface area contributed by atoms with Crippen LogP contribution in [0.3, 0.4) is 0 Å². The van der Waals surface area contributed by atoms with E-state index in [1.807, 2.05) is 26.8 Å². The third kappa shape index (κ3) is 2.55. The molecule has 1 fully saturated rings. The molecule has 18 heavy (non-hydrogen) atoms. The topological polar surface area (TPSA) is 29.1 Å². The molecule has 2 nitrogen and oxygen atoms in total. The van der Waals surface area contributed by atoms with E-state index in [0.29, 0.717) is 6.04 Å². The molecule has 1 aromatic carbocycles. The van der Waals surface area contributed by atoms with Crippen LogP contribution in [0.4, 0.5) is 4.39 Å². The molecule has 0 bridgehead atoms. The molecule has 98 valence electrons. The van der Waals surface area contributed by atoms with Crippen LogP contribution in [0.5, 0.6) is 0 Å². The largest absolute Gasteiger partial charge is 0.353 e. The highest BCUT2D eigenvalue weighted by Gasteiger charge is 2.32. The molecule has 1 N–H and O–H groups in total. The van der Waals surface area contributed by atoms with Crippen molar-refractivity contribution in [2.45, 2.75) is 51.5 Å². The van der Waals surface area contributed by atoms with E-state index in [2.05, 4.69) is 5.32 Å². The number of halogens is 1. The Morgan fingerprint density at radius 1 is 1.33 bits per heavy atom. The third-order valence-corrected chi connectivity index (χ3v) is 3.77. The fraction of sp³-hybridized carbons (Fsp3) is 0.533. The molecule has 1 aliphatic rings. The van der Waals surface area contributed by atoms with E-state index in [9.17, 15) is 9.18 Å². The summed E-state index contributed by atoms with van der Waals surface area (Å²) in [6.45, 7) is 5.52. The maximum atomic E-state index is 13.4. The van der Waals surface area contributed by atoms with Crippen molar-refractivity contribution < 1.29 is 9.18 Å². The normalized spacial score (nSPS) is 16.2. The van der Waals surface area contributed by atoms with Crippen molar-refractivity contribution in [3.63, 3.8) is 0 Å². The molecule has 3 heteroatoms. The monoisotopic (exact) mass is 249 g/mol. The van der Waals surface area contributed by atoms with Gasteiger partial charge in [-0.2, -0.15) is 0 Å². The Labute approximate surface area is 108 Å².